The zero-order valence-corrected chi connectivity index (χ0v) is 44.4. The van der Waals surface area contributed by atoms with E-state index in [0.29, 0.717) is 50.0 Å². The average Bonchev–Trinajstić information content (AvgIpc) is 3.68. The molecule has 4 unspecified atom stereocenters. The van der Waals surface area contributed by atoms with Crippen molar-refractivity contribution in [3.63, 3.8) is 0 Å². The summed E-state index contributed by atoms with van der Waals surface area (Å²) in [5.74, 6) is 7.22. The largest absolute Gasteiger partial charge is 0.379 e. The van der Waals surface area contributed by atoms with Crippen LogP contribution in [0.25, 0.3) is 0 Å². The lowest BCUT2D eigenvalue weighted by Crippen LogP contribution is -2.51. The summed E-state index contributed by atoms with van der Waals surface area (Å²) in [5.41, 5.74) is 2.68. The fourth-order valence-corrected chi connectivity index (χ4v) is 15.1. The molecular weight excluding hydrogens is 811 g/mol. The van der Waals surface area contributed by atoms with Crippen LogP contribution < -0.4 is 0 Å². The number of hydrogen-bond acceptors (Lipinski definition) is 5. The third-order valence-corrected chi connectivity index (χ3v) is 19.1. The molecule has 5 nitrogen and oxygen atoms in total. The highest BCUT2D eigenvalue weighted by molar-refractivity contribution is 5.25. The third kappa shape index (κ3) is 16.6. The summed E-state index contributed by atoms with van der Waals surface area (Å²) in [6, 6.07) is 0. The number of hydrogen-bond donors (Lipinski definition) is 0. The van der Waals surface area contributed by atoms with E-state index < -0.39 is 0 Å². The molecular formula is C61H107NO4. The molecule has 4 saturated carbocycles. The monoisotopic (exact) mass is 918 g/mol. The zero-order valence-electron chi connectivity index (χ0n) is 44.4. The molecule has 1 saturated heterocycles. The van der Waals surface area contributed by atoms with Gasteiger partial charge in [-0.3, -0.25) is 0 Å². The molecule has 0 spiro atoms. The van der Waals surface area contributed by atoms with Crippen molar-refractivity contribution in [3.05, 3.63) is 36.0 Å². The van der Waals surface area contributed by atoms with Gasteiger partial charge in [0.2, 0.25) is 0 Å². The maximum absolute atomic E-state index is 6.56. The van der Waals surface area contributed by atoms with E-state index in [9.17, 15) is 0 Å². The van der Waals surface area contributed by atoms with Crippen LogP contribution in [-0.2, 0) is 18.9 Å². The van der Waals surface area contributed by atoms with Gasteiger partial charge >= 0.3 is 0 Å². The Morgan fingerprint density at radius 1 is 0.697 bits per heavy atom. The Balaban J connectivity index is 0.837. The van der Waals surface area contributed by atoms with Crippen LogP contribution in [-0.4, -0.2) is 76.4 Å². The first-order valence-corrected chi connectivity index (χ1v) is 29.3. The van der Waals surface area contributed by atoms with Gasteiger partial charge in [-0.1, -0.05) is 155 Å². The maximum Gasteiger partial charge on any atom is 0.0936 e. The molecule has 5 aliphatic carbocycles. The molecule has 380 valence electrons. The van der Waals surface area contributed by atoms with Crippen molar-refractivity contribution in [2.45, 2.75) is 234 Å². The van der Waals surface area contributed by atoms with E-state index in [0.717, 1.165) is 79.8 Å². The second kappa shape index (κ2) is 29.4. The fourth-order valence-electron chi connectivity index (χ4n) is 15.1. The molecule has 0 N–H and O–H groups in total. The van der Waals surface area contributed by atoms with Crippen molar-refractivity contribution in [1.29, 1.82) is 0 Å². The van der Waals surface area contributed by atoms with E-state index >= 15 is 0 Å². The molecule has 1 aliphatic heterocycles. The van der Waals surface area contributed by atoms with E-state index in [1.54, 1.807) is 5.57 Å². The van der Waals surface area contributed by atoms with Crippen molar-refractivity contribution in [3.8, 4) is 0 Å². The van der Waals surface area contributed by atoms with Crippen LogP contribution in [0.1, 0.15) is 221 Å². The number of rotatable bonds is 32. The fraction of sp³-hybridized carbons (Fsp3) is 0.902. The first kappa shape index (κ1) is 54.4. The van der Waals surface area contributed by atoms with Gasteiger partial charge in [-0.2, -0.15) is 0 Å². The second-order valence-electron chi connectivity index (χ2n) is 24.1. The van der Waals surface area contributed by atoms with E-state index in [-0.39, 0.29) is 6.10 Å². The molecule has 0 aromatic carbocycles. The van der Waals surface area contributed by atoms with Crippen molar-refractivity contribution in [2.24, 2.45) is 58.2 Å². The normalized spacial score (nSPS) is 32.3. The first-order chi connectivity index (χ1) is 32.2. The number of nitrogens with zero attached hydrogens (tertiary/aromatic N) is 1. The van der Waals surface area contributed by atoms with Crippen LogP contribution in [0.3, 0.4) is 0 Å². The van der Waals surface area contributed by atoms with Crippen LogP contribution in [0.15, 0.2) is 36.0 Å². The van der Waals surface area contributed by atoms with Crippen LogP contribution in [0.2, 0.25) is 0 Å². The SMILES string of the molecule is CCCCC/C=C\C/C=C\CCCCCCCCOCC(CN1CC[C@@H]2CCCC[C@H]2C1)OCCOCCO[C@H]1CC[C@@]2(C)C(=CCC3C2CC[C@@]2(C)C3CC[C@@H]2[C@H](C)CCCC(C)C)C1. The molecule has 0 aromatic heterocycles. The van der Waals surface area contributed by atoms with Crippen molar-refractivity contribution in [2.75, 3.05) is 59.3 Å². The minimum atomic E-state index is 0.116. The van der Waals surface area contributed by atoms with Gasteiger partial charge < -0.3 is 23.8 Å². The molecule has 5 heteroatoms. The van der Waals surface area contributed by atoms with Crippen LogP contribution in [0.5, 0.6) is 0 Å². The van der Waals surface area contributed by atoms with Gasteiger partial charge in [0.1, 0.15) is 0 Å². The second-order valence-corrected chi connectivity index (χ2v) is 24.1. The minimum Gasteiger partial charge on any atom is -0.379 e. The number of piperidine rings is 1. The molecule has 0 amide bonds. The van der Waals surface area contributed by atoms with Gasteiger partial charge in [0, 0.05) is 19.7 Å². The summed E-state index contributed by atoms with van der Waals surface area (Å²) in [6.45, 7) is 22.7. The molecule has 0 radical (unpaired) electrons. The predicted molar refractivity (Wildman–Crippen MR) is 280 cm³/mol. The molecule has 5 fully saturated rings. The number of ether oxygens (including phenoxy) is 4. The molecule has 6 aliphatic rings. The number of unbranched alkanes of at least 4 members (excludes halogenated alkanes) is 9. The maximum atomic E-state index is 6.56. The highest BCUT2D eigenvalue weighted by atomic mass is 16.6. The summed E-state index contributed by atoms with van der Waals surface area (Å²) in [6.07, 6.45) is 50.1. The first-order valence-electron chi connectivity index (χ1n) is 29.3. The van der Waals surface area contributed by atoms with Crippen molar-refractivity contribution in [1.82, 2.24) is 4.90 Å². The topological polar surface area (TPSA) is 40.2 Å². The number of allylic oxidation sites excluding steroid dienone is 5. The standard InChI is InChI=1S/C61H107NO4/c1-7-8-9-10-11-12-13-14-15-16-17-18-19-20-21-24-40-64-48-55(47-62-39-36-51-28-22-23-29-52(51)46-62)66-44-42-63-41-43-65-54-34-37-60(5)53(45-54)30-31-56-58-33-32-57(50(4)27-25-26-49(2)3)61(58,6)38-35-59(56)60/h11-12,14-15,30,49-52,54-59H,7-10,13,16-29,31-48H2,1-6H3/b12-11-,15-14-/t50-,51+,52+,54+,55?,56?,57-,58?,59?,60+,61-/m1/s1. The molecule has 0 aromatic rings. The van der Waals surface area contributed by atoms with E-state index in [2.05, 4.69) is 76.8 Å². The predicted octanol–water partition coefficient (Wildman–Crippen LogP) is 16.2. The highest BCUT2D eigenvalue weighted by Crippen LogP contribution is 2.67. The molecule has 11 atom stereocenters. The number of fused-ring (bicyclic) bond motifs is 6. The van der Waals surface area contributed by atoms with Gasteiger partial charge in [0.05, 0.1) is 45.2 Å². The minimum absolute atomic E-state index is 0.116. The Morgan fingerprint density at radius 2 is 1.45 bits per heavy atom. The lowest BCUT2D eigenvalue weighted by atomic mass is 9.47. The van der Waals surface area contributed by atoms with Gasteiger partial charge in [-0.15, -0.1) is 0 Å². The third-order valence-electron chi connectivity index (χ3n) is 19.1. The van der Waals surface area contributed by atoms with Gasteiger partial charge in [0.15, 0.2) is 0 Å². The number of likely N-dealkylation sites (tertiary alicyclic amines) is 1. The van der Waals surface area contributed by atoms with Gasteiger partial charge in [0.25, 0.3) is 0 Å². The van der Waals surface area contributed by atoms with Crippen molar-refractivity contribution >= 4 is 0 Å². The highest BCUT2D eigenvalue weighted by Gasteiger charge is 2.59. The summed E-state index contributed by atoms with van der Waals surface area (Å²) in [7, 11) is 0. The summed E-state index contributed by atoms with van der Waals surface area (Å²) < 4.78 is 25.6. The lowest BCUT2D eigenvalue weighted by molar-refractivity contribution is -0.0751. The Hall–Kier alpha value is -0.980. The quantitative estimate of drug-likeness (QED) is 0.0497. The average molecular weight is 919 g/mol. The Bertz CT molecular complexity index is 1410. The Labute approximate surface area is 409 Å². The lowest BCUT2D eigenvalue weighted by Gasteiger charge is -2.58. The summed E-state index contributed by atoms with van der Waals surface area (Å²) >= 11 is 0. The van der Waals surface area contributed by atoms with Crippen molar-refractivity contribution < 1.29 is 18.9 Å². The van der Waals surface area contributed by atoms with E-state index in [1.807, 2.05) is 0 Å². The zero-order chi connectivity index (χ0) is 46.5. The van der Waals surface area contributed by atoms with Crippen LogP contribution >= 0.6 is 0 Å². The van der Waals surface area contributed by atoms with Gasteiger partial charge in [-0.25, -0.2) is 0 Å². The summed E-state index contributed by atoms with van der Waals surface area (Å²) in [5, 5.41) is 0. The van der Waals surface area contributed by atoms with Crippen LogP contribution in [0, 0.1) is 58.2 Å². The smallest absolute Gasteiger partial charge is 0.0936 e. The molecule has 0 bridgehead atoms. The van der Waals surface area contributed by atoms with E-state index in [1.165, 1.54) is 174 Å². The molecule has 66 heavy (non-hydrogen) atoms. The van der Waals surface area contributed by atoms with Gasteiger partial charge in [-0.05, 0) is 167 Å². The molecule has 6 rings (SSSR count). The van der Waals surface area contributed by atoms with Crippen LogP contribution in [0.4, 0.5) is 0 Å². The Kier molecular flexibility index (Phi) is 24.2. The Morgan fingerprint density at radius 3 is 2.26 bits per heavy atom. The van der Waals surface area contributed by atoms with E-state index in [4.69, 9.17) is 18.9 Å². The molecule has 1 heterocycles. The summed E-state index contributed by atoms with van der Waals surface area (Å²) in [4.78, 5) is 2.69.